The molecule has 3 rings (SSSR count). The molecule has 1 aromatic heterocycles. The number of esters is 1. The number of anilines is 1. The van der Waals surface area contributed by atoms with Gasteiger partial charge in [0.15, 0.2) is 0 Å². The molecule has 1 aromatic rings. The Labute approximate surface area is 136 Å². The Hall–Kier alpha value is -1.50. The number of nitrogens with zero attached hydrogens (tertiary/aromatic N) is 2. The monoisotopic (exact) mass is 348 g/mol. The van der Waals surface area contributed by atoms with Crippen LogP contribution in [0.2, 0.25) is 5.02 Å². The Bertz CT molecular complexity index is 638. The van der Waals surface area contributed by atoms with Crippen molar-refractivity contribution in [3.05, 3.63) is 22.8 Å². The molecule has 2 unspecified atom stereocenters. The topological polar surface area (TPSA) is 42.4 Å². The Balaban J connectivity index is 1.89. The van der Waals surface area contributed by atoms with Gasteiger partial charge >= 0.3 is 12.1 Å². The largest absolute Gasteiger partial charge is 0.469 e. The van der Waals surface area contributed by atoms with Gasteiger partial charge in [-0.3, -0.25) is 4.79 Å². The minimum atomic E-state index is -4.48. The molecule has 0 aromatic carbocycles. The molecule has 1 aliphatic heterocycles. The summed E-state index contributed by atoms with van der Waals surface area (Å²) in [5.74, 6) is 0.151. The van der Waals surface area contributed by atoms with E-state index in [1.54, 1.807) is 4.90 Å². The van der Waals surface area contributed by atoms with Crippen LogP contribution in [-0.4, -0.2) is 31.2 Å². The molecule has 1 aliphatic carbocycles. The van der Waals surface area contributed by atoms with Gasteiger partial charge in [-0.25, -0.2) is 4.98 Å². The number of alkyl halides is 3. The van der Waals surface area contributed by atoms with Gasteiger partial charge in [-0.15, -0.1) is 0 Å². The van der Waals surface area contributed by atoms with Gasteiger partial charge in [-0.1, -0.05) is 18.0 Å². The first kappa shape index (κ1) is 16.4. The molecule has 1 saturated carbocycles. The second-order valence-corrected chi connectivity index (χ2v) is 6.55. The Morgan fingerprint density at radius 2 is 2.26 bits per heavy atom. The van der Waals surface area contributed by atoms with E-state index in [9.17, 15) is 18.0 Å². The van der Waals surface area contributed by atoms with Crippen molar-refractivity contribution in [2.45, 2.75) is 25.4 Å². The standard InChI is InChI=1S/C15H16ClF3N2O2/c1-23-13(22)14-4-2-3-9(14)7-21(8-14)12-11(16)5-10(6-20-12)15(17,18)19/h5-6,9H,2-4,7-8H2,1H3. The molecule has 2 atom stereocenters. The third kappa shape index (κ3) is 2.65. The molecule has 0 N–H and O–H groups in total. The third-order valence-electron chi connectivity index (χ3n) is 4.91. The molecule has 0 bridgehead atoms. The molecule has 126 valence electrons. The second-order valence-electron chi connectivity index (χ2n) is 6.14. The van der Waals surface area contributed by atoms with Crippen LogP contribution in [0.3, 0.4) is 0 Å². The second kappa shape index (κ2) is 5.54. The number of hydrogen-bond donors (Lipinski definition) is 0. The Kier molecular flexibility index (Phi) is 3.94. The highest BCUT2D eigenvalue weighted by Gasteiger charge is 2.56. The predicted octanol–water partition coefficient (Wildman–Crippen LogP) is 3.53. The van der Waals surface area contributed by atoms with Gasteiger partial charge in [0.2, 0.25) is 0 Å². The maximum Gasteiger partial charge on any atom is 0.417 e. The average molecular weight is 349 g/mol. The fraction of sp³-hybridized carbons (Fsp3) is 0.600. The van der Waals surface area contributed by atoms with Gasteiger partial charge in [0.05, 0.1) is 23.1 Å². The quantitative estimate of drug-likeness (QED) is 0.767. The van der Waals surface area contributed by atoms with Crippen LogP contribution in [0.4, 0.5) is 19.0 Å². The zero-order valence-electron chi connectivity index (χ0n) is 12.5. The van der Waals surface area contributed by atoms with E-state index in [4.69, 9.17) is 16.3 Å². The summed E-state index contributed by atoms with van der Waals surface area (Å²) >= 11 is 6.01. The fourth-order valence-electron chi connectivity index (χ4n) is 3.81. The van der Waals surface area contributed by atoms with Gasteiger partial charge in [-0.2, -0.15) is 13.2 Å². The number of carbonyl (C=O) groups excluding carboxylic acids is 1. The summed E-state index contributed by atoms with van der Waals surface area (Å²) in [5, 5.41) is -0.0557. The van der Waals surface area contributed by atoms with E-state index in [-0.39, 0.29) is 22.7 Å². The molecule has 4 nitrogen and oxygen atoms in total. The number of methoxy groups -OCH3 is 1. The van der Waals surface area contributed by atoms with Crippen LogP contribution in [0, 0.1) is 11.3 Å². The van der Waals surface area contributed by atoms with Crippen LogP contribution in [0.25, 0.3) is 0 Å². The van der Waals surface area contributed by atoms with E-state index in [2.05, 4.69) is 4.98 Å². The number of halogens is 4. The summed E-state index contributed by atoms with van der Waals surface area (Å²) in [5.41, 5.74) is -1.48. The average Bonchev–Trinajstić information content (AvgIpc) is 3.03. The molecule has 0 spiro atoms. The van der Waals surface area contributed by atoms with Crippen LogP contribution in [0.5, 0.6) is 0 Å². The molecule has 0 radical (unpaired) electrons. The fourth-order valence-corrected chi connectivity index (χ4v) is 4.09. The van der Waals surface area contributed by atoms with Crippen molar-refractivity contribution in [1.82, 2.24) is 4.98 Å². The highest BCUT2D eigenvalue weighted by Crippen LogP contribution is 2.51. The summed E-state index contributed by atoms with van der Waals surface area (Å²) in [7, 11) is 1.36. The lowest BCUT2D eigenvalue weighted by Crippen LogP contribution is -2.37. The van der Waals surface area contributed by atoms with Crippen molar-refractivity contribution in [3.63, 3.8) is 0 Å². The molecule has 23 heavy (non-hydrogen) atoms. The number of carbonyl (C=O) groups is 1. The summed E-state index contributed by atoms with van der Waals surface area (Å²) in [4.78, 5) is 17.9. The molecule has 2 fully saturated rings. The van der Waals surface area contributed by atoms with E-state index in [1.807, 2.05) is 0 Å². The lowest BCUT2D eigenvalue weighted by Gasteiger charge is -2.26. The van der Waals surface area contributed by atoms with Crippen molar-refractivity contribution < 1.29 is 22.7 Å². The van der Waals surface area contributed by atoms with Gasteiger partial charge in [0.1, 0.15) is 5.82 Å². The maximum atomic E-state index is 12.7. The zero-order chi connectivity index (χ0) is 16.8. The van der Waals surface area contributed by atoms with Gasteiger partial charge < -0.3 is 9.64 Å². The number of rotatable bonds is 2. The number of hydrogen-bond acceptors (Lipinski definition) is 4. The van der Waals surface area contributed by atoms with E-state index < -0.39 is 17.2 Å². The molecule has 8 heteroatoms. The smallest absolute Gasteiger partial charge is 0.417 e. The number of aromatic nitrogens is 1. The van der Waals surface area contributed by atoms with E-state index in [0.717, 1.165) is 31.5 Å². The first-order chi connectivity index (χ1) is 10.8. The normalized spacial score (nSPS) is 27.2. The predicted molar refractivity (Wildman–Crippen MR) is 78.3 cm³/mol. The molecule has 1 saturated heterocycles. The first-order valence-corrected chi connectivity index (χ1v) is 7.72. The molecular weight excluding hydrogens is 333 g/mol. The minimum absolute atomic E-state index is 0.0557. The number of ether oxygens (including phenoxy) is 1. The van der Waals surface area contributed by atoms with Crippen LogP contribution in [-0.2, 0) is 15.7 Å². The van der Waals surface area contributed by atoms with Crippen molar-refractivity contribution in [2.75, 3.05) is 25.1 Å². The highest BCUT2D eigenvalue weighted by molar-refractivity contribution is 6.33. The van der Waals surface area contributed by atoms with Gasteiger partial charge in [-0.05, 0) is 24.8 Å². The third-order valence-corrected chi connectivity index (χ3v) is 5.19. The summed E-state index contributed by atoms with van der Waals surface area (Å²) in [6.07, 6.45) is -1.14. The van der Waals surface area contributed by atoms with E-state index >= 15 is 0 Å². The van der Waals surface area contributed by atoms with E-state index in [1.165, 1.54) is 7.11 Å². The SMILES string of the molecule is COC(=O)C12CCCC1CN(c1ncc(C(F)(F)F)cc1Cl)C2. The van der Waals surface area contributed by atoms with Crippen LogP contribution in [0.1, 0.15) is 24.8 Å². The van der Waals surface area contributed by atoms with Crippen molar-refractivity contribution in [2.24, 2.45) is 11.3 Å². The van der Waals surface area contributed by atoms with E-state index in [0.29, 0.717) is 13.1 Å². The summed E-state index contributed by atoms with van der Waals surface area (Å²) < 4.78 is 43.1. The lowest BCUT2D eigenvalue weighted by atomic mass is 9.81. The molecule has 0 amide bonds. The van der Waals surface area contributed by atoms with Crippen LogP contribution < -0.4 is 4.90 Å². The number of pyridine rings is 1. The van der Waals surface area contributed by atoms with Crippen LogP contribution in [0.15, 0.2) is 12.3 Å². The maximum absolute atomic E-state index is 12.7. The van der Waals surface area contributed by atoms with Crippen molar-refractivity contribution in [1.29, 1.82) is 0 Å². The number of fused-ring (bicyclic) bond motifs is 1. The zero-order valence-corrected chi connectivity index (χ0v) is 13.2. The Morgan fingerprint density at radius 1 is 1.52 bits per heavy atom. The minimum Gasteiger partial charge on any atom is -0.469 e. The van der Waals surface area contributed by atoms with Gasteiger partial charge in [0, 0.05) is 19.3 Å². The van der Waals surface area contributed by atoms with Gasteiger partial charge in [0.25, 0.3) is 0 Å². The molecular formula is C15H16ClF3N2O2. The van der Waals surface area contributed by atoms with Crippen molar-refractivity contribution in [3.8, 4) is 0 Å². The summed E-state index contributed by atoms with van der Waals surface area (Å²) in [6, 6.07) is 0.878. The van der Waals surface area contributed by atoms with Crippen molar-refractivity contribution >= 4 is 23.4 Å². The molecule has 2 aliphatic rings. The molecule has 2 heterocycles. The first-order valence-electron chi connectivity index (χ1n) is 7.34. The Morgan fingerprint density at radius 3 is 2.87 bits per heavy atom. The van der Waals surface area contributed by atoms with Crippen LogP contribution >= 0.6 is 11.6 Å². The summed E-state index contributed by atoms with van der Waals surface area (Å²) in [6.45, 7) is 0.926. The highest BCUT2D eigenvalue weighted by atomic mass is 35.5. The lowest BCUT2D eigenvalue weighted by molar-refractivity contribution is -0.152.